The van der Waals surface area contributed by atoms with Crippen LogP contribution in [0.25, 0.3) is 0 Å². The van der Waals surface area contributed by atoms with Gasteiger partial charge in [-0.05, 0) is 69.0 Å². The molecular formula is C14H22N2O2S. The zero-order valence-electron chi connectivity index (χ0n) is 11.6. The summed E-state index contributed by atoms with van der Waals surface area (Å²) in [5.74, 6) is 0.599. The molecule has 0 saturated carbocycles. The first-order valence-electron chi connectivity index (χ1n) is 6.77. The van der Waals surface area contributed by atoms with Gasteiger partial charge in [0.05, 0.1) is 4.90 Å². The molecule has 0 amide bonds. The SMILES string of the molecule is Cc1ccc(S(=O)(=O)NCCC2CCNC2)cc1C. The normalized spacial score (nSPS) is 19.8. The lowest BCUT2D eigenvalue weighted by molar-refractivity contribution is 0.519. The van der Waals surface area contributed by atoms with E-state index in [1.807, 2.05) is 19.9 Å². The van der Waals surface area contributed by atoms with E-state index >= 15 is 0 Å². The van der Waals surface area contributed by atoms with Gasteiger partial charge >= 0.3 is 0 Å². The van der Waals surface area contributed by atoms with E-state index in [9.17, 15) is 8.42 Å². The Bertz CT molecular complexity index is 534. The van der Waals surface area contributed by atoms with Crippen molar-refractivity contribution in [2.24, 2.45) is 5.92 Å². The van der Waals surface area contributed by atoms with E-state index in [4.69, 9.17) is 0 Å². The fourth-order valence-electron chi connectivity index (χ4n) is 2.32. The Morgan fingerprint density at radius 3 is 2.74 bits per heavy atom. The molecule has 1 aliphatic heterocycles. The largest absolute Gasteiger partial charge is 0.316 e. The van der Waals surface area contributed by atoms with E-state index in [-0.39, 0.29) is 0 Å². The zero-order chi connectivity index (χ0) is 13.9. The Labute approximate surface area is 115 Å². The van der Waals surface area contributed by atoms with Gasteiger partial charge in [-0.2, -0.15) is 0 Å². The Kier molecular flexibility index (Phi) is 4.60. The van der Waals surface area contributed by atoms with Crippen LogP contribution < -0.4 is 10.0 Å². The predicted molar refractivity (Wildman–Crippen MR) is 76.7 cm³/mol. The Morgan fingerprint density at radius 2 is 2.11 bits per heavy atom. The summed E-state index contributed by atoms with van der Waals surface area (Å²) >= 11 is 0. The molecule has 1 atom stereocenters. The van der Waals surface area contributed by atoms with Gasteiger partial charge in [-0.25, -0.2) is 13.1 Å². The van der Waals surface area contributed by atoms with E-state index in [1.165, 1.54) is 0 Å². The number of benzene rings is 1. The third-order valence-electron chi connectivity index (χ3n) is 3.80. The summed E-state index contributed by atoms with van der Waals surface area (Å²) in [6.07, 6.45) is 2.04. The van der Waals surface area contributed by atoms with Crippen LogP contribution in [0.15, 0.2) is 23.1 Å². The van der Waals surface area contributed by atoms with E-state index in [0.29, 0.717) is 17.4 Å². The van der Waals surface area contributed by atoms with Crippen LogP contribution in [0.3, 0.4) is 0 Å². The first-order chi connectivity index (χ1) is 8.99. The molecule has 0 bridgehead atoms. The molecule has 1 saturated heterocycles. The van der Waals surface area contributed by atoms with Gasteiger partial charge in [0.15, 0.2) is 0 Å². The quantitative estimate of drug-likeness (QED) is 0.862. The van der Waals surface area contributed by atoms with Gasteiger partial charge in [0.1, 0.15) is 0 Å². The van der Waals surface area contributed by atoms with Crippen molar-refractivity contribution < 1.29 is 8.42 Å². The van der Waals surface area contributed by atoms with Crippen molar-refractivity contribution in [2.75, 3.05) is 19.6 Å². The second-order valence-electron chi connectivity index (χ2n) is 5.29. The van der Waals surface area contributed by atoms with Crippen LogP contribution in [-0.4, -0.2) is 28.1 Å². The molecule has 1 aromatic carbocycles. The molecule has 19 heavy (non-hydrogen) atoms. The number of rotatable bonds is 5. The minimum Gasteiger partial charge on any atom is -0.316 e. The van der Waals surface area contributed by atoms with E-state index in [0.717, 1.165) is 37.1 Å². The molecular weight excluding hydrogens is 260 g/mol. The molecule has 1 aromatic rings. The van der Waals surface area contributed by atoms with Crippen LogP contribution in [-0.2, 0) is 10.0 Å². The predicted octanol–water partition coefficient (Wildman–Crippen LogP) is 1.58. The average molecular weight is 282 g/mol. The molecule has 1 heterocycles. The van der Waals surface area contributed by atoms with Crippen molar-refractivity contribution >= 4 is 10.0 Å². The van der Waals surface area contributed by atoms with Gasteiger partial charge in [-0.3, -0.25) is 0 Å². The molecule has 4 nitrogen and oxygen atoms in total. The van der Waals surface area contributed by atoms with E-state index in [2.05, 4.69) is 10.0 Å². The van der Waals surface area contributed by atoms with Crippen LogP contribution in [0.2, 0.25) is 0 Å². The smallest absolute Gasteiger partial charge is 0.240 e. The Hall–Kier alpha value is -0.910. The van der Waals surface area contributed by atoms with Gasteiger partial charge in [-0.15, -0.1) is 0 Å². The molecule has 5 heteroatoms. The molecule has 0 radical (unpaired) electrons. The second-order valence-corrected chi connectivity index (χ2v) is 7.06. The summed E-state index contributed by atoms with van der Waals surface area (Å²) in [5, 5.41) is 3.29. The zero-order valence-corrected chi connectivity index (χ0v) is 12.4. The summed E-state index contributed by atoms with van der Waals surface area (Å²) in [7, 11) is -3.36. The third kappa shape index (κ3) is 3.78. The fourth-order valence-corrected chi connectivity index (χ4v) is 3.46. The summed E-state index contributed by atoms with van der Waals surface area (Å²) in [5.41, 5.74) is 2.11. The van der Waals surface area contributed by atoms with Crippen molar-refractivity contribution in [3.05, 3.63) is 29.3 Å². The average Bonchev–Trinajstić information content (AvgIpc) is 2.85. The molecule has 2 N–H and O–H groups in total. The topological polar surface area (TPSA) is 58.2 Å². The lowest BCUT2D eigenvalue weighted by atomic mass is 10.1. The highest BCUT2D eigenvalue weighted by molar-refractivity contribution is 7.89. The maximum atomic E-state index is 12.1. The maximum Gasteiger partial charge on any atom is 0.240 e. The van der Waals surface area contributed by atoms with Crippen molar-refractivity contribution in [1.29, 1.82) is 0 Å². The van der Waals surface area contributed by atoms with Gasteiger partial charge in [-0.1, -0.05) is 6.07 Å². The van der Waals surface area contributed by atoms with E-state index in [1.54, 1.807) is 12.1 Å². The minimum atomic E-state index is -3.36. The molecule has 2 rings (SSSR count). The monoisotopic (exact) mass is 282 g/mol. The number of hydrogen-bond acceptors (Lipinski definition) is 3. The summed E-state index contributed by atoms with van der Waals surface area (Å²) in [6, 6.07) is 5.25. The van der Waals surface area contributed by atoms with Crippen molar-refractivity contribution in [2.45, 2.75) is 31.6 Å². The molecule has 106 valence electrons. The summed E-state index contributed by atoms with van der Waals surface area (Å²) in [4.78, 5) is 0.361. The van der Waals surface area contributed by atoms with Gasteiger partial charge in [0.2, 0.25) is 10.0 Å². The highest BCUT2D eigenvalue weighted by Gasteiger charge is 2.17. The molecule has 0 aromatic heterocycles. The van der Waals surface area contributed by atoms with Crippen LogP contribution in [0.4, 0.5) is 0 Å². The van der Waals surface area contributed by atoms with Crippen molar-refractivity contribution in [1.82, 2.24) is 10.0 Å². The van der Waals surface area contributed by atoms with Crippen molar-refractivity contribution in [3.63, 3.8) is 0 Å². The molecule has 1 fully saturated rings. The fraction of sp³-hybridized carbons (Fsp3) is 0.571. The third-order valence-corrected chi connectivity index (χ3v) is 5.25. The van der Waals surface area contributed by atoms with Gasteiger partial charge in [0, 0.05) is 6.54 Å². The number of hydrogen-bond donors (Lipinski definition) is 2. The highest BCUT2D eigenvalue weighted by atomic mass is 32.2. The maximum absolute atomic E-state index is 12.1. The van der Waals surface area contributed by atoms with Crippen molar-refractivity contribution in [3.8, 4) is 0 Å². The molecule has 0 aliphatic carbocycles. The van der Waals surface area contributed by atoms with Crippen LogP contribution >= 0.6 is 0 Å². The molecule has 1 aliphatic rings. The Morgan fingerprint density at radius 1 is 1.32 bits per heavy atom. The number of aryl methyl sites for hydroxylation is 2. The van der Waals surface area contributed by atoms with Gasteiger partial charge < -0.3 is 5.32 Å². The van der Waals surface area contributed by atoms with Gasteiger partial charge in [0.25, 0.3) is 0 Å². The summed E-state index contributed by atoms with van der Waals surface area (Å²) in [6.45, 7) is 6.48. The van der Waals surface area contributed by atoms with Crippen LogP contribution in [0, 0.1) is 19.8 Å². The standard InChI is InChI=1S/C14H22N2O2S/c1-11-3-4-14(9-12(11)2)19(17,18)16-8-6-13-5-7-15-10-13/h3-4,9,13,15-16H,5-8,10H2,1-2H3. The molecule has 0 spiro atoms. The second kappa shape index (κ2) is 6.03. The Balaban J connectivity index is 1.95. The van der Waals surface area contributed by atoms with Crippen LogP contribution in [0.1, 0.15) is 24.0 Å². The minimum absolute atomic E-state index is 0.361. The lowest BCUT2D eigenvalue weighted by Crippen LogP contribution is -2.26. The first-order valence-corrected chi connectivity index (χ1v) is 8.25. The number of sulfonamides is 1. The first kappa shape index (κ1) is 14.5. The van der Waals surface area contributed by atoms with Crippen LogP contribution in [0.5, 0.6) is 0 Å². The highest BCUT2D eigenvalue weighted by Crippen LogP contribution is 2.15. The number of nitrogens with one attached hydrogen (secondary N) is 2. The molecule has 1 unspecified atom stereocenters. The lowest BCUT2D eigenvalue weighted by Gasteiger charge is -2.11. The van der Waals surface area contributed by atoms with E-state index < -0.39 is 10.0 Å². The summed E-state index contributed by atoms with van der Waals surface area (Å²) < 4.78 is 27.0.